The Balaban J connectivity index is 4.56. The van der Waals surface area contributed by atoms with Gasteiger partial charge in [-0.3, -0.25) is 9.57 Å². The van der Waals surface area contributed by atoms with E-state index >= 15 is 0 Å². The van der Waals surface area contributed by atoms with Crippen molar-refractivity contribution in [2.75, 3.05) is 11.5 Å². The summed E-state index contributed by atoms with van der Waals surface area (Å²) in [4.78, 5) is 11.3. The molecule has 0 rings (SSSR count). The van der Waals surface area contributed by atoms with Crippen LogP contribution < -0.4 is 10.5 Å². The first-order valence-corrected chi connectivity index (χ1v) is 9.33. The lowest BCUT2D eigenvalue weighted by molar-refractivity contribution is -0.121. The standard InChI is InChI=1S/C9H18F3N3O4S2/c1-2-3-5-20(14,17)6-4-7(13)8(16)15-21(18,19)9(10,11)12/h7,14H,2-6,13H2,1H3,(H,15,16)/t7-,20?/m0/s1. The molecule has 2 atom stereocenters. The van der Waals surface area contributed by atoms with Gasteiger partial charge in [0.15, 0.2) is 0 Å². The first-order valence-electron chi connectivity index (χ1n) is 5.95. The summed E-state index contributed by atoms with van der Waals surface area (Å²) < 4.78 is 77.6. The molecule has 0 radical (unpaired) electrons. The van der Waals surface area contributed by atoms with Crippen molar-refractivity contribution in [3.8, 4) is 0 Å². The lowest BCUT2D eigenvalue weighted by Gasteiger charge is -2.14. The van der Waals surface area contributed by atoms with Crippen LogP contribution in [-0.4, -0.2) is 41.6 Å². The van der Waals surface area contributed by atoms with E-state index in [2.05, 4.69) is 0 Å². The molecule has 0 heterocycles. The molecule has 0 saturated heterocycles. The monoisotopic (exact) mass is 353 g/mol. The maximum absolute atomic E-state index is 12.1. The van der Waals surface area contributed by atoms with Gasteiger partial charge in [0.1, 0.15) is 0 Å². The Morgan fingerprint density at radius 2 is 1.81 bits per heavy atom. The minimum absolute atomic E-state index is 0.0959. The molecule has 1 unspecified atom stereocenters. The minimum atomic E-state index is -5.81. The molecule has 0 saturated carbocycles. The van der Waals surface area contributed by atoms with Crippen LogP contribution >= 0.6 is 0 Å². The van der Waals surface area contributed by atoms with Crippen molar-refractivity contribution in [3.05, 3.63) is 0 Å². The van der Waals surface area contributed by atoms with E-state index in [1.807, 2.05) is 6.92 Å². The molecular weight excluding hydrogens is 335 g/mol. The molecule has 0 aromatic rings. The molecular formula is C9H18F3N3O4S2. The van der Waals surface area contributed by atoms with E-state index in [0.717, 1.165) is 4.72 Å². The van der Waals surface area contributed by atoms with Crippen LogP contribution in [0.1, 0.15) is 26.2 Å². The summed E-state index contributed by atoms with van der Waals surface area (Å²) in [6, 6.07) is -1.59. The highest BCUT2D eigenvalue weighted by Crippen LogP contribution is 2.21. The van der Waals surface area contributed by atoms with Crippen LogP contribution in [0.15, 0.2) is 0 Å². The molecule has 21 heavy (non-hydrogen) atoms. The summed E-state index contributed by atoms with van der Waals surface area (Å²) in [6.07, 6.45) is 0.906. The summed E-state index contributed by atoms with van der Waals surface area (Å²) in [5, 5.41) is 0. The topological polar surface area (TPSA) is 130 Å². The van der Waals surface area contributed by atoms with Gasteiger partial charge < -0.3 is 5.73 Å². The molecule has 0 aliphatic heterocycles. The molecule has 0 aliphatic carbocycles. The van der Waals surface area contributed by atoms with Crippen LogP contribution in [0.3, 0.4) is 0 Å². The Morgan fingerprint density at radius 3 is 2.24 bits per heavy atom. The highest BCUT2D eigenvalue weighted by Gasteiger charge is 2.47. The Bertz CT molecular complexity index is 557. The number of unbranched alkanes of at least 4 members (excludes halogenated alkanes) is 1. The van der Waals surface area contributed by atoms with Crippen molar-refractivity contribution in [2.45, 2.75) is 37.7 Å². The van der Waals surface area contributed by atoms with Crippen molar-refractivity contribution in [2.24, 2.45) is 5.73 Å². The van der Waals surface area contributed by atoms with E-state index < -0.39 is 37.2 Å². The number of hydrogen-bond acceptors (Lipinski definition) is 6. The van der Waals surface area contributed by atoms with Gasteiger partial charge in [0.25, 0.3) is 5.91 Å². The number of sulfonamides is 1. The normalized spacial score (nSPS) is 17.0. The summed E-state index contributed by atoms with van der Waals surface area (Å²) in [7, 11) is -8.78. The molecule has 1 amide bonds. The Morgan fingerprint density at radius 1 is 1.29 bits per heavy atom. The predicted octanol–water partition coefficient (Wildman–Crippen LogP) is 0.516. The number of carbonyl (C=O) groups is 1. The Hall–Kier alpha value is -0.880. The third-order valence-corrected chi connectivity index (χ3v) is 5.39. The van der Waals surface area contributed by atoms with Gasteiger partial charge in [-0.25, -0.2) is 8.93 Å². The van der Waals surface area contributed by atoms with Crippen molar-refractivity contribution in [1.82, 2.24) is 4.72 Å². The van der Waals surface area contributed by atoms with Gasteiger partial charge in [-0.05, 0) is 12.8 Å². The molecule has 7 nitrogen and oxygen atoms in total. The minimum Gasteiger partial charge on any atom is -0.320 e. The second-order valence-corrected chi connectivity index (χ2v) is 8.50. The van der Waals surface area contributed by atoms with Gasteiger partial charge >= 0.3 is 15.5 Å². The number of halogens is 3. The van der Waals surface area contributed by atoms with Gasteiger partial charge in [-0.2, -0.15) is 21.6 Å². The fraction of sp³-hybridized carbons (Fsp3) is 0.889. The highest BCUT2D eigenvalue weighted by atomic mass is 32.2. The van der Waals surface area contributed by atoms with E-state index in [-0.39, 0.29) is 17.9 Å². The lowest BCUT2D eigenvalue weighted by Crippen LogP contribution is -2.48. The fourth-order valence-electron chi connectivity index (χ4n) is 1.19. The first kappa shape index (κ1) is 20.1. The van der Waals surface area contributed by atoms with Crippen LogP contribution in [0.25, 0.3) is 0 Å². The molecule has 126 valence electrons. The van der Waals surface area contributed by atoms with Crippen LogP contribution in [-0.2, 0) is 24.5 Å². The maximum atomic E-state index is 12.1. The fourth-order valence-corrected chi connectivity index (χ4v) is 3.32. The van der Waals surface area contributed by atoms with E-state index in [9.17, 15) is 30.6 Å². The average Bonchev–Trinajstić information content (AvgIpc) is 2.31. The summed E-state index contributed by atoms with van der Waals surface area (Å²) in [5.41, 5.74) is -0.368. The molecule has 0 spiro atoms. The highest BCUT2D eigenvalue weighted by molar-refractivity contribution is 7.92. The van der Waals surface area contributed by atoms with E-state index in [1.165, 1.54) is 0 Å². The van der Waals surface area contributed by atoms with Gasteiger partial charge in [0, 0.05) is 21.2 Å². The Kier molecular flexibility index (Phi) is 7.09. The summed E-state index contributed by atoms with van der Waals surface area (Å²) in [6.45, 7) is 1.83. The van der Waals surface area contributed by atoms with Gasteiger partial charge in [-0.15, -0.1) is 0 Å². The number of alkyl halides is 3. The molecule has 0 fully saturated rings. The molecule has 0 aliphatic rings. The second kappa shape index (κ2) is 7.40. The van der Waals surface area contributed by atoms with Crippen LogP contribution in [0.2, 0.25) is 0 Å². The molecule has 0 bridgehead atoms. The zero-order chi connectivity index (χ0) is 16.9. The largest absolute Gasteiger partial charge is 0.516 e. The Labute approximate surface area is 121 Å². The summed E-state index contributed by atoms with van der Waals surface area (Å²) in [5.74, 6) is -1.73. The van der Waals surface area contributed by atoms with E-state index in [0.29, 0.717) is 12.8 Å². The maximum Gasteiger partial charge on any atom is 0.516 e. The number of amides is 1. The lowest BCUT2D eigenvalue weighted by atomic mass is 10.2. The third-order valence-electron chi connectivity index (χ3n) is 2.46. The van der Waals surface area contributed by atoms with E-state index in [4.69, 9.17) is 10.5 Å². The average molecular weight is 353 g/mol. The third kappa shape index (κ3) is 7.09. The van der Waals surface area contributed by atoms with Gasteiger partial charge in [0.2, 0.25) is 0 Å². The van der Waals surface area contributed by atoms with Crippen molar-refractivity contribution in [1.29, 1.82) is 4.78 Å². The van der Waals surface area contributed by atoms with E-state index in [1.54, 1.807) is 0 Å². The van der Waals surface area contributed by atoms with Crippen LogP contribution in [0.5, 0.6) is 0 Å². The number of hydrogen-bond donors (Lipinski definition) is 3. The molecule has 0 aromatic heterocycles. The van der Waals surface area contributed by atoms with Crippen LogP contribution in [0.4, 0.5) is 13.2 Å². The summed E-state index contributed by atoms with van der Waals surface area (Å²) >= 11 is 0. The number of nitrogens with one attached hydrogen (secondary N) is 2. The molecule has 12 heteroatoms. The quantitative estimate of drug-likeness (QED) is 0.585. The van der Waals surface area contributed by atoms with Crippen LogP contribution in [0, 0.1) is 4.78 Å². The first-order chi connectivity index (χ1) is 9.32. The SMILES string of the molecule is CCCCS(=N)(=O)CC[C@H](N)C(=O)NS(=O)(=O)C(F)(F)F. The van der Waals surface area contributed by atoms with Gasteiger partial charge in [-0.1, -0.05) is 13.3 Å². The molecule has 4 N–H and O–H groups in total. The molecule has 0 aromatic carbocycles. The predicted molar refractivity (Wildman–Crippen MR) is 71.2 cm³/mol. The second-order valence-electron chi connectivity index (χ2n) is 4.38. The van der Waals surface area contributed by atoms with Crippen molar-refractivity contribution in [3.63, 3.8) is 0 Å². The number of rotatable bonds is 8. The van der Waals surface area contributed by atoms with Crippen molar-refractivity contribution >= 4 is 25.7 Å². The smallest absolute Gasteiger partial charge is 0.320 e. The zero-order valence-electron chi connectivity index (χ0n) is 11.3. The zero-order valence-corrected chi connectivity index (χ0v) is 12.9. The van der Waals surface area contributed by atoms with Crippen molar-refractivity contribution < 1.29 is 30.6 Å². The number of nitrogens with two attached hydrogens (primary N) is 1. The number of carbonyl (C=O) groups excluding carboxylic acids is 1. The van der Waals surface area contributed by atoms with Gasteiger partial charge in [0.05, 0.1) is 6.04 Å².